The number of nitrogens with two attached hydrogens (primary N) is 1. The number of aryl methyl sites for hydroxylation is 1. The minimum atomic E-state index is 0.166. The van der Waals surface area contributed by atoms with Crippen LogP contribution in [0.2, 0.25) is 0 Å². The molecule has 1 unspecified atom stereocenters. The highest BCUT2D eigenvalue weighted by molar-refractivity contribution is 14.1. The van der Waals surface area contributed by atoms with Crippen molar-refractivity contribution < 1.29 is 4.74 Å². The molecule has 2 N–H and O–H groups in total. The summed E-state index contributed by atoms with van der Waals surface area (Å²) in [4.78, 5) is 0. The number of hydrogen-bond donors (Lipinski definition) is 1. The van der Waals surface area contributed by atoms with Gasteiger partial charge in [-0.1, -0.05) is 6.07 Å². The van der Waals surface area contributed by atoms with Crippen molar-refractivity contribution in [3.63, 3.8) is 0 Å². The van der Waals surface area contributed by atoms with Crippen molar-refractivity contribution in [3.05, 3.63) is 26.8 Å². The van der Waals surface area contributed by atoms with Crippen LogP contribution >= 0.6 is 22.6 Å². The molecule has 0 bridgehead atoms. The van der Waals surface area contributed by atoms with Gasteiger partial charge in [-0.05, 0) is 47.1 Å². The second-order valence-corrected chi connectivity index (χ2v) is 4.46. The van der Waals surface area contributed by atoms with Gasteiger partial charge in [0, 0.05) is 11.6 Å². The van der Waals surface area contributed by atoms with E-state index in [-0.39, 0.29) is 6.04 Å². The molecule has 0 radical (unpaired) electrons. The number of fused-ring (bicyclic) bond motifs is 1. The molecular weight excluding hydrogens is 277 g/mol. The molecule has 1 aromatic rings. The Kier molecular flexibility index (Phi) is 2.47. The molecule has 70 valence electrons. The van der Waals surface area contributed by atoms with Crippen molar-refractivity contribution in [2.45, 2.75) is 18.9 Å². The molecule has 1 aliphatic rings. The van der Waals surface area contributed by atoms with E-state index in [1.54, 1.807) is 7.11 Å². The summed E-state index contributed by atoms with van der Waals surface area (Å²) in [6, 6.07) is 4.42. The minimum absolute atomic E-state index is 0.166. The second kappa shape index (κ2) is 3.46. The van der Waals surface area contributed by atoms with Crippen molar-refractivity contribution in [2.75, 3.05) is 7.11 Å². The zero-order chi connectivity index (χ0) is 9.42. The summed E-state index contributed by atoms with van der Waals surface area (Å²) in [5, 5.41) is 0. The van der Waals surface area contributed by atoms with Crippen molar-refractivity contribution >= 4 is 22.6 Å². The van der Waals surface area contributed by atoms with E-state index in [4.69, 9.17) is 10.5 Å². The number of methoxy groups -OCH3 is 1. The van der Waals surface area contributed by atoms with E-state index >= 15 is 0 Å². The molecule has 13 heavy (non-hydrogen) atoms. The molecule has 2 nitrogen and oxygen atoms in total. The Morgan fingerprint density at radius 3 is 3.00 bits per heavy atom. The Labute approximate surface area is 91.6 Å². The third kappa shape index (κ3) is 1.44. The molecule has 2 rings (SSSR count). The topological polar surface area (TPSA) is 35.2 Å². The van der Waals surface area contributed by atoms with Gasteiger partial charge in [0.15, 0.2) is 0 Å². The normalized spacial score (nSPS) is 20.1. The highest BCUT2D eigenvalue weighted by atomic mass is 127. The number of benzene rings is 1. The molecule has 0 fully saturated rings. The van der Waals surface area contributed by atoms with E-state index in [2.05, 4.69) is 34.7 Å². The molecule has 1 aromatic carbocycles. The van der Waals surface area contributed by atoms with E-state index in [1.807, 2.05) is 0 Å². The van der Waals surface area contributed by atoms with Crippen LogP contribution in [0, 0.1) is 3.57 Å². The standard InChI is InChI=1S/C10H12INO/c1-13-10-7(11)4-2-6-3-5-8(12)9(6)10/h2,4,8H,3,5,12H2,1H3. The Morgan fingerprint density at radius 2 is 2.31 bits per heavy atom. The van der Waals surface area contributed by atoms with Gasteiger partial charge in [0.25, 0.3) is 0 Å². The second-order valence-electron chi connectivity index (χ2n) is 3.30. The Bertz CT molecular complexity index is 338. The summed E-state index contributed by atoms with van der Waals surface area (Å²) < 4.78 is 6.52. The quantitative estimate of drug-likeness (QED) is 0.805. The third-order valence-corrected chi connectivity index (χ3v) is 3.39. The molecule has 3 heteroatoms. The summed E-state index contributed by atoms with van der Waals surface area (Å²) in [7, 11) is 1.71. The van der Waals surface area contributed by atoms with E-state index < -0.39 is 0 Å². The molecule has 1 atom stereocenters. The molecule has 0 spiro atoms. The van der Waals surface area contributed by atoms with Crippen LogP contribution in [-0.4, -0.2) is 7.11 Å². The number of ether oxygens (including phenoxy) is 1. The monoisotopic (exact) mass is 289 g/mol. The fraction of sp³-hybridized carbons (Fsp3) is 0.400. The first kappa shape index (κ1) is 9.27. The molecular formula is C10H12INO. The lowest BCUT2D eigenvalue weighted by atomic mass is 10.1. The molecule has 0 saturated heterocycles. The zero-order valence-electron chi connectivity index (χ0n) is 7.51. The fourth-order valence-electron chi connectivity index (χ4n) is 1.90. The minimum Gasteiger partial charge on any atom is -0.495 e. The van der Waals surface area contributed by atoms with E-state index in [0.29, 0.717) is 0 Å². The first-order valence-electron chi connectivity index (χ1n) is 4.35. The number of halogens is 1. The highest BCUT2D eigenvalue weighted by Crippen LogP contribution is 2.38. The average Bonchev–Trinajstić information content (AvgIpc) is 2.49. The Hall–Kier alpha value is -0.290. The van der Waals surface area contributed by atoms with Gasteiger partial charge < -0.3 is 10.5 Å². The van der Waals surface area contributed by atoms with Crippen LogP contribution in [-0.2, 0) is 6.42 Å². The Morgan fingerprint density at radius 1 is 1.54 bits per heavy atom. The van der Waals surface area contributed by atoms with Gasteiger partial charge in [-0.15, -0.1) is 0 Å². The fourth-order valence-corrected chi connectivity index (χ4v) is 2.59. The molecule has 0 aromatic heterocycles. The van der Waals surface area contributed by atoms with Gasteiger partial charge in [-0.2, -0.15) is 0 Å². The van der Waals surface area contributed by atoms with Crippen LogP contribution in [0.1, 0.15) is 23.6 Å². The summed E-state index contributed by atoms with van der Waals surface area (Å²) in [6.07, 6.45) is 2.13. The van der Waals surface area contributed by atoms with E-state index in [0.717, 1.165) is 22.2 Å². The van der Waals surface area contributed by atoms with Gasteiger partial charge in [-0.25, -0.2) is 0 Å². The number of hydrogen-bond acceptors (Lipinski definition) is 2. The third-order valence-electron chi connectivity index (χ3n) is 2.54. The van der Waals surface area contributed by atoms with Gasteiger partial charge in [0.2, 0.25) is 0 Å². The molecule has 0 amide bonds. The lowest BCUT2D eigenvalue weighted by Crippen LogP contribution is -2.07. The molecule has 0 heterocycles. The van der Waals surface area contributed by atoms with Gasteiger partial charge in [0.1, 0.15) is 5.75 Å². The maximum absolute atomic E-state index is 6.01. The summed E-state index contributed by atoms with van der Waals surface area (Å²) >= 11 is 2.28. The average molecular weight is 289 g/mol. The first-order valence-corrected chi connectivity index (χ1v) is 5.42. The predicted octanol–water partition coefficient (Wildman–Crippen LogP) is 2.25. The molecule has 0 aliphatic heterocycles. The largest absolute Gasteiger partial charge is 0.495 e. The lowest BCUT2D eigenvalue weighted by molar-refractivity contribution is 0.404. The predicted molar refractivity (Wildman–Crippen MR) is 61.0 cm³/mol. The van der Waals surface area contributed by atoms with Gasteiger partial charge in [0.05, 0.1) is 10.7 Å². The van der Waals surface area contributed by atoms with Crippen molar-refractivity contribution in [3.8, 4) is 5.75 Å². The summed E-state index contributed by atoms with van der Waals surface area (Å²) in [5.74, 6) is 0.975. The van der Waals surface area contributed by atoms with Crippen LogP contribution < -0.4 is 10.5 Å². The van der Waals surface area contributed by atoms with E-state index in [9.17, 15) is 0 Å². The summed E-state index contributed by atoms with van der Waals surface area (Å²) in [5.41, 5.74) is 8.58. The molecule has 1 aliphatic carbocycles. The van der Waals surface area contributed by atoms with E-state index in [1.165, 1.54) is 11.1 Å². The van der Waals surface area contributed by atoms with Gasteiger partial charge in [-0.3, -0.25) is 0 Å². The zero-order valence-corrected chi connectivity index (χ0v) is 9.67. The van der Waals surface area contributed by atoms with Crippen molar-refractivity contribution in [1.29, 1.82) is 0 Å². The maximum atomic E-state index is 6.01. The smallest absolute Gasteiger partial charge is 0.137 e. The Balaban J connectivity index is 2.60. The van der Waals surface area contributed by atoms with Crippen molar-refractivity contribution in [2.24, 2.45) is 5.73 Å². The van der Waals surface area contributed by atoms with Crippen LogP contribution in [0.25, 0.3) is 0 Å². The highest BCUT2D eigenvalue weighted by Gasteiger charge is 2.24. The van der Waals surface area contributed by atoms with Crippen molar-refractivity contribution in [1.82, 2.24) is 0 Å². The van der Waals surface area contributed by atoms with Crippen LogP contribution in [0.4, 0.5) is 0 Å². The number of rotatable bonds is 1. The SMILES string of the molecule is COc1c(I)ccc2c1C(N)CC2. The van der Waals surface area contributed by atoms with Gasteiger partial charge >= 0.3 is 0 Å². The van der Waals surface area contributed by atoms with Crippen LogP contribution in [0.3, 0.4) is 0 Å². The van der Waals surface area contributed by atoms with Crippen LogP contribution in [0.5, 0.6) is 5.75 Å². The van der Waals surface area contributed by atoms with Crippen LogP contribution in [0.15, 0.2) is 12.1 Å². The lowest BCUT2D eigenvalue weighted by Gasteiger charge is -2.12. The maximum Gasteiger partial charge on any atom is 0.137 e. The first-order chi connectivity index (χ1) is 6.24. The summed E-state index contributed by atoms with van der Waals surface area (Å²) in [6.45, 7) is 0. The molecule has 0 saturated carbocycles.